The fourth-order valence-electron chi connectivity index (χ4n) is 2.13. The Kier molecular flexibility index (Phi) is 4.27. The summed E-state index contributed by atoms with van der Waals surface area (Å²) in [6.45, 7) is 0. The molecule has 0 saturated heterocycles. The van der Waals surface area contributed by atoms with Gasteiger partial charge in [-0.2, -0.15) is 0 Å². The van der Waals surface area contributed by atoms with E-state index in [2.05, 4.69) is 5.32 Å². The number of nitrogens with one attached hydrogen (secondary N) is 1. The molecule has 0 unspecified atom stereocenters. The van der Waals surface area contributed by atoms with E-state index in [9.17, 15) is 9.59 Å². The fraction of sp³-hybridized carbons (Fsp3) is 0.200. The molecular formula is C15H15NO5. The van der Waals surface area contributed by atoms with Crippen molar-refractivity contribution in [1.29, 1.82) is 0 Å². The van der Waals surface area contributed by atoms with Crippen molar-refractivity contribution in [3.05, 3.63) is 30.3 Å². The number of rotatable bonds is 5. The Balaban J connectivity index is 2.52. The smallest absolute Gasteiger partial charge is 0.312 e. The highest BCUT2D eigenvalue weighted by Gasteiger charge is 2.16. The van der Waals surface area contributed by atoms with E-state index in [1.165, 1.54) is 14.2 Å². The molecule has 0 heterocycles. The van der Waals surface area contributed by atoms with Gasteiger partial charge in [-0.25, -0.2) is 0 Å². The van der Waals surface area contributed by atoms with Gasteiger partial charge >= 0.3 is 5.97 Å². The van der Waals surface area contributed by atoms with Gasteiger partial charge in [-0.1, -0.05) is 24.3 Å². The van der Waals surface area contributed by atoms with E-state index in [4.69, 9.17) is 14.6 Å². The number of methoxy groups -OCH3 is 2. The first kappa shape index (κ1) is 14.6. The quantitative estimate of drug-likeness (QED) is 0.825. The first-order chi connectivity index (χ1) is 10.1. The van der Waals surface area contributed by atoms with E-state index < -0.39 is 18.3 Å². The average Bonchev–Trinajstić information content (AvgIpc) is 2.45. The zero-order chi connectivity index (χ0) is 15.4. The number of carboxylic acids is 1. The Morgan fingerprint density at radius 2 is 1.81 bits per heavy atom. The molecule has 6 heteroatoms. The second-order valence-corrected chi connectivity index (χ2v) is 4.32. The van der Waals surface area contributed by atoms with Crippen LogP contribution < -0.4 is 14.8 Å². The Bertz CT molecular complexity index is 696. The molecule has 0 saturated carbocycles. The van der Waals surface area contributed by atoms with E-state index >= 15 is 0 Å². The maximum Gasteiger partial charge on any atom is 0.312 e. The van der Waals surface area contributed by atoms with Crippen LogP contribution in [-0.2, 0) is 9.59 Å². The Labute approximate surface area is 121 Å². The van der Waals surface area contributed by atoms with Crippen LogP contribution in [0.15, 0.2) is 30.3 Å². The third-order valence-electron chi connectivity index (χ3n) is 2.97. The van der Waals surface area contributed by atoms with Crippen LogP contribution in [0.1, 0.15) is 6.42 Å². The van der Waals surface area contributed by atoms with Gasteiger partial charge < -0.3 is 19.9 Å². The summed E-state index contributed by atoms with van der Waals surface area (Å²) in [5.41, 5.74) is 0.374. The summed E-state index contributed by atoms with van der Waals surface area (Å²) < 4.78 is 10.7. The molecule has 2 N–H and O–H groups in total. The number of amides is 1. The van der Waals surface area contributed by atoms with Crippen molar-refractivity contribution in [2.45, 2.75) is 6.42 Å². The van der Waals surface area contributed by atoms with Crippen LogP contribution in [-0.4, -0.2) is 31.2 Å². The largest absolute Gasteiger partial charge is 0.496 e. The van der Waals surface area contributed by atoms with Crippen molar-refractivity contribution in [3.63, 3.8) is 0 Å². The molecule has 2 rings (SSSR count). The zero-order valence-corrected chi connectivity index (χ0v) is 11.7. The molecule has 0 aromatic heterocycles. The van der Waals surface area contributed by atoms with Crippen molar-refractivity contribution in [3.8, 4) is 11.5 Å². The predicted octanol–water partition coefficient (Wildman–Crippen LogP) is 2.27. The lowest BCUT2D eigenvalue weighted by Gasteiger charge is -2.15. The monoisotopic (exact) mass is 289 g/mol. The van der Waals surface area contributed by atoms with Crippen molar-refractivity contribution in [2.24, 2.45) is 0 Å². The molecule has 0 aliphatic rings. The molecular weight excluding hydrogens is 274 g/mol. The molecule has 0 aliphatic carbocycles. The number of benzene rings is 2. The average molecular weight is 289 g/mol. The van der Waals surface area contributed by atoms with E-state index in [1.807, 2.05) is 24.3 Å². The second kappa shape index (κ2) is 6.13. The molecule has 2 aromatic carbocycles. The van der Waals surface area contributed by atoms with Gasteiger partial charge in [0.1, 0.15) is 17.9 Å². The Morgan fingerprint density at radius 1 is 1.14 bits per heavy atom. The van der Waals surface area contributed by atoms with Gasteiger partial charge in [0.05, 0.1) is 19.9 Å². The maximum atomic E-state index is 11.6. The first-order valence-electron chi connectivity index (χ1n) is 6.22. The molecule has 0 atom stereocenters. The molecule has 21 heavy (non-hydrogen) atoms. The van der Waals surface area contributed by atoms with Crippen LogP contribution in [0.2, 0.25) is 0 Å². The second-order valence-electron chi connectivity index (χ2n) is 4.32. The van der Waals surface area contributed by atoms with Gasteiger partial charge in [0.25, 0.3) is 0 Å². The van der Waals surface area contributed by atoms with Gasteiger partial charge in [0.15, 0.2) is 0 Å². The van der Waals surface area contributed by atoms with Gasteiger partial charge in [-0.15, -0.1) is 0 Å². The topological polar surface area (TPSA) is 84.9 Å². The lowest BCUT2D eigenvalue weighted by Crippen LogP contribution is -2.16. The summed E-state index contributed by atoms with van der Waals surface area (Å²) in [7, 11) is 3.01. The number of fused-ring (bicyclic) bond motifs is 1. The van der Waals surface area contributed by atoms with E-state index in [-0.39, 0.29) is 0 Å². The molecule has 0 radical (unpaired) electrons. The van der Waals surface area contributed by atoms with Crippen LogP contribution in [0.3, 0.4) is 0 Å². The normalized spacial score (nSPS) is 10.2. The molecule has 110 valence electrons. The van der Waals surface area contributed by atoms with Crippen LogP contribution in [0.4, 0.5) is 5.69 Å². The van der Waals surface area contributed by atoms with Crippen LogP contribution in [0.5, 0.6) is 11.5 Å². The minimum absolute atomic E-state index is 0.374. The number of hydrogen-bond donors (Lipinski definition) is 2. The fourth-order valence-corrected chi connectivity index (χ4v) is 2.13. The van der Waals surface area contributed by atoms with E-state index in [1.54, 1.807) is 6.07 Å². The number of carbonyl (C=O) groups excluding carboxylic acids is 1. The minimum atomic E-state index is -1.20. The van der Waals surface area contributed by atoms with Crippen LogP contribution in [0, 0.1) is 0 Å². The zero-order valence-electron chi connectivity index (χ0n) is 11.7. The molecule has 1 amide bonds. The summed E-state index contributed by atoms with van der Waals surface area (Å²) in [5.74, 6) is -0.792. The lowest BCUT2D eigenvalue weighted by atomic mass is 10.1. The predicted molar refractivity (Wildman–Crippen MR) is 77.9 cm³/mol. The van der Waals surface area contributed by atoms with Crippen LogP contribution >= 0.6 is 0 Å². The van der Waals surface area contributed by atoms with E-state index in [0.717, 1.165) is 10.8 Å². The van der Waals surface area contributed by atoms with Crippen molar-refractivity contribution in [2.75, 3.05) is 19.5 Å². The number of carbonyl (C=O) groups is 2. The molecule has 2 aromatic rings. The van der Waals surface area contributed by atoms with Gasteiger partial charge in [0, 0.05) is 16.8 Å². The lowest BCUT2D eigenvalue weighted by molar-refractivity contribution is -0.139. The van der Waals surface area contributed by atoms with Crippen molar-refractivity contribution in [1.82, 2.24) is 0 Å². The summed E-state index contributed by atoms with van der Waals surface area (Å²) in [4.78, 5) is 22.2. The molecule has 0 aliphatic heterocycles. The van der Waals surface area contributed by atoms with Crippen LogP contribution in [0.25, 0.3) is 10.8 Å². The molecule has 0 fully saturated rings. The SMILES string of the molecule is COc1cc(NC(=O)CC(=O)O)c(OC)c2ccccc12. The summed E-state index contributed by atoms with van der Waals surface area (Å²) >= 11 is 0. The highest BCUT2D eigenvalue weighted by Crippen LogP contribution is 2.39. The summed E-state index contributed by atoms with van der Waals surface area (Å²) in [5, 5.41) is 12.8. The number of aliphatic carboxylic acids is 1. The maximum absolute atomic E-state index is 11.6. The minimum Gasteiger partial charge on any atom is -0.496 e. The van der Waals surface area contributed by atoms with Crippen molar-refractivity contribution < 1.29 is 24.2 Å². The highest BCUT2D eigenvalue weighted by molar-refractivity contribution is 6.06. The Hall–Kier alpha value is -2.76. The molecule has 6 nitrogen and oxygen atoms in total. The van der Waals surface area contributed by atoms with E-state index in [0.29, 0.717) is 17.2 Å². The number of anilines is 1. The number of ether oxygens (including phenoxy) is 2. The van der Waals surface area contributed by atoms with Crippen molar-refractivity contribution >= 4 is 28.3 Å². The van der Waals surface area contributed by atoms with Gasteiger partial charge in [-0.05, 0) is 0 Å². The summed E-state index contributed by atoms with van der Waals surface area (Å²) in [6.07, 6.45) is -0.613. The third-order valence-corrected chi connectivity index (χ3v) is 2.97. The van der Waals surface area contributed by atoms with Gasteiger partial charge in [-0.3, -0.25) is 9.59 Å². The third kappa shape index (κ3) is 3.05. The highest BCUT2D eigenvalue weighted by atomic mass is 16.5. The number of carboxylic acid groups (broad SMARTS) is 1. The molecule has 0 spiro atoms. The number of hydrogen-bond acceptors (Lipinski definition) is 4. The summed E-state index contributed by atoms with van der Waals surface area (Å²) in [6, 6.07) is 9.03. The first-order valence-corrected chi connectivity index (χ1v) is 6.22. The molecule has 0 bridgehead atoms. The standard InChI is InChI=1S/C15H15NO5/c1-20-12-7-11(16-13(17)8-14(18)19)15(21-2)10-6-4-3-5-9(10)12/h3-7H,8H2,1-2H3,(H,16,17)(H,18,19). The Morgan fingerprint density at radius 3 is 2.38 bits per heavy atom. The van der Waals surface area contributed by atoms with Gasteiger partial charge in [0.2, 0.25) is 5.91 Å².